The minimum Gasteiger partial charge on any atom is -0.450 e. The van der Waals surface area contributed by atoms with Crippen molar-refractivity contribution in [3.8, 4) is 6.07 Å². The standard InChI is InChI=1S/C15H10BrClN2O2/c1-9-12(17)3-2-4-13(9)19-15(20)10(8-18)7-11-5-6-14(16)21-11/h2-7H,1H3,(H,19,20). The summed E-state index contributed by atoms with van der Waals surface area (Å²) >= 11 is 9.15. The monoisotopic (exact) mass is 364 g/mol. The van der Waals surface area contributed by atoms with E-state index in [4.69, 9.17) is 21.3 Å². The van der Waals surface area contributed by atoms with Crippen LogP contribution in [0.15, 0.2) is 45.0 Å². The summed E-state index contributed by atoms with van der Waals surface area (Å²) in [5.74, 6) is -0.105. The Hall–Kier alpha value is -2.03. The lowest BCUT2D eigenvalue weighted by atomic mass is 10.1. The van der Waals surface area contributed by atoms with Gasteiger partial charge in [0.1, 0.15) is 17.4 Å². The molecule has 1 amide bonds. The van der Waals surface area contributed by atoms with Crippen LogP contribution >= 0.6 is 27.5 Å². The van der Waals surface area contributed by atoms with Gasteiger partial charge in [0.25, 0.3) is 5.91 Å². The molecule has 6 heteroatoms. The van der Waals surface area contributed by atoms with Crippen LogP contribution in [-0.2, 0) is 4.79 Å². The molecule has 0 aliphatic carbocycles. The van der Waals surface area contributed by atoms with Crippen LogP contribution in [0.25, 0.3) is 6.08 Å². The topological polar surface area (TPSA) is 66.0 Å². The van der Waals surface area contributed by atoms with Crippen molar-refractivity contribution >= 4 is 45.2 Å². The second-order valence-corrected chi connectivity index (χ2v) is 5.37. The molecule has 0 saturated heterocycles. The predicted molar refractivity (Wildman–Crippen MR) is 84.8 cm³/mol. The summed E-state index contributed by atoms with van der Waals surface area (Å²) in [7, 11) is 0. The van der Waals surface area contributed by atoms with Crippen LogP contribution < -0.4 is 5.32 Å². The van der Waals surface area contributed by atoms with Crippen LogP contribution in [0.4, 0.5) is 5.69 Å². The highest BCUT2D eigenvalue weighted by Crippen LogP contribution is 2.23. The summed E-state index contributed by atoms with van der Waals surface area (Å²) in [4.78, 5) is 12.1. The molecular weight excluding hydrogens is 356 g/mol. The van der Waals surface area contributed by atoms with Gasteiger partial charge in [-0.2, -0.15) is 5.26 Å². The van der Waals surface area contributed by atoms with Gasteiger partial charge in [-0.25, -0.2) is 0 Å². The van der Waals surface area contributed by atoms with Crippen LogP contribution in [0.3, 0.4) is 0 Å². The SMILES string of the molecule is Cc1c(Cl)cccc1NC(=O)C(C#N)=Cc1ccc(Br)o1. The predicted octanol–water partition coefficient (Wildman–Crippen LogP) is 4.55. The molecule has 0 bridgehead atoms. The van der Waals surface area contributed by atoms with Gasteiger partial charge < -0.3 is 9.73 Å². The average Bonchev–Trinajstić information content (AvgIpc) is 2.86. The van der Waals surface area contributed by atoms with E-state index in [2.05, 4.69) is 21.2 Å². The van der Waals surface area contributed by atoms with E-state index in [0.29, 0.717) is 21.1 Å². The summed E-state index contributed by atoms with van der Waals surface area (Å²) in [6.45, 7) is 1.79. The highest BCUT2D eigenvalue weighted by molar-refractivity contribution is 9.10. The zero-order valence-corrected chi connectivity index (χ0v) is 13.3. The zero-order valence-electron chi connectivity index (χ0n) is 11.0. The maximum absolute atomic E-state index is 12.1. The van der Waals surface area contributed by atoms with Crippen molar-refractivity contribution in [1.29, 1.82) is 5.26 Å². The van der Waals surface area contributed by atoms with Gasteiger partial charge in [-0.1, -0.05) is 17.7 Å². The molecule has 2 rings (SSSR count). The molecule has 0 atom stereocenters. The number of rotatable bonds is 3. The maximum Gasteiger partial charge on any atom is 0.266 e. The molecule has 0 saturated carbocycles. The zero-order chi connectivity index (χ0) is 15.4. The molecule has 4 nitrogen and oxygen atoms in total. The molecule has 106 valence electrons. The van der Waals surface area contributed by atoms with E-state index in [9.17, 15) is 4.79 Å². The highest BCUT2D eigenvalue weighted by atomic mass is 79.9. The van der Waals surface area contributed by atoms with Gasteiger partial charge in [-0.05, 0) is 52.7 Å². The van der Waals surface area contributed by atoms with E-state index in [1.807, 2.05) is 6.07 Å². The lowest BCUT2D eigenvalue weighted by Crippen LogP contribution is -2.14. The van der Waals surface area contributed by atoms with E-state index < -0.39 is 5.91 Å². The molecule has 0 spiro atoms. The van der Waals surface area contributed by atoms with E-state index in [-0.39, 0.29) is 5.57 Å². The van der Waals surface area contributed by atoms with Crippen molar-refractivity contribution in [2.75, 3.05) is 5.32 Å². The number of nitriles is 1. The average molecular weight is 366 g/mol. The fourth-order valence-corrected chi connectivity index (χ4v) is 2.12. The molecule has 0 aliphatic heterocycles. The van der Waals surface area contributed by atoms with Crippen LogP contribution in [0.5, 0.6) is 0 Å². The normalized spacial score (nSPS) is 11.0. The van der Waals surface area contributed by atoms with Gasteiger partial charge in [0, 0.05) is 16.8 Å². The van der Waals surface area contributed by atoms with Crippen LogP contribution in [0, 0.1) is 18.3 Å². The fraction of sp³-hybridized carbons (Fsp3) is 0.0667. The molecule has 21 heavy (non-hydrogen) atoms. The van der Waals surface area contributed by atoms with Gasteiger partial charge in [0.05, 0.1) is 0 Å². The van der Waals surface area contributed by atoms with Gasteiger partial charge in [0.2, 0.25) is 0 Å². The number of anilines is 1. The van der Waals surface area contributed by atoms with Crippen molar-refractivity contribution in [3.63, 3.8) is 0 Å². The first-order valence-electron chi connectivity index (χ1n) is 5.95. The van der Waals surface area contributed by atoms with Gasteiger partial charge in [-0.15, -0.1) is 0 Å². The first-order valence-corrected chi connectivity index (χ1v) is 7.12. The van der Waals surface area contributed by atoms with E-state index in [1.54, 1.807) is 37.3 Å². The molecule has 0 aliphatic rings. The maximum atomic E-state index is 12.1. The van der Waals surface area contributed by atoms with E-state index in [1.165, 1.54) is 6.08 Å². The second-order valence-electron chi connectivity index (χ2n) is 4.18. The van der Waals surface area contributed by atoms with Crippen molar-refractivity contribution < 1.29 is 9.21 Å². The first-order chi connectivity index (χ1) is 10.0. The first kappa shape index (κ1) is 15.4. The van der Waals surface area contributed by atoms with Crippen molar-refractivity contribution in [1.82, 2.24) is 0 Å². The summed E-state index contributed by atoms with van der Waals surface area (Å²) in [6.07, 6.45) is 1.37. The number of furan rings is 1. The molecule has 0 radical (unpaired) electrons. The number of benzene rings is 1. The number of nitrogens with zero attached hydrogens (tertiary/aromatic N) is 1. The summed E-state index contributed by atoms with van der Waals surface area (Å²) in [6, 6.07) is 10.4. The van der Waals surface area contributed by atoms with Gasteiger partial charge in [-0.3, -0.25) is 4.79 Å². The Balaban J connectivity index is 2.24. The molecule has 1 aromatic carbocycles. The highest BCUT2D eigenvalue weighted by Gasteiger charge is 2.12. The Morgan fingerprint density at radius 2 is 2.19 bits per heavy atom. The largest absolute Gasteiger partial charge is 0.450 e. The number of carbonyl (C=O) groups excluding carboxylic acids is 1. The second kappa shape index (κ2) is 6.61. The summed E-state index contributed by atoms with van der Waals surface area (Å²) in [5, 5.41) is 12.3. The Bertz CT molecular complexity index is 759. The molecule has 2 aromatic rings. The Labute approximate surface area is 135 Å². The smallest absolute Gasteiger partial charge is 0.266 e. The van der Waals surface area contributed by atoms with Crippen LogP contribution in [0.2, 0.25) is 5.02 Å². The third-order valence-corrected chi connectivity index (χ3v) is 3.60. The number of hydrogen-bond acceptors (Lipinski definition) is 3. The molecule has 1 aromatic heterocycles. The minimum atomic E-state index is -0.518. The van der Waals surface area contributed by atoms with E-state index in [0.717, 1.165) is 5.56 Å². The molecule has 0 unspecified atom stereocenters. The van der Waals surface area contributed by atoms with Crippen molar-refractivity contribution in [2.24, 2.45) is 0 Å². The van der Waals surface area contributed by atoms with Crippen LogP contribution in [0.1, 0.15) is 11.3 Å². The quantitative estimate of drug-likeness (QED) is 0.641. The third kappa shape index (κ3) is 3.75. The Kier molecular flexibility index (Phi) is 4.84. The van der Waals surface area contributed by atoms with Crippen molar-refractivity contribution in [2.45, 2.75) is 6.92 Å². The molecular formula is C15H10BrClN2O2. The third-order valence-electron chi connectivity index (χ3n) is 2.76. The number of halogens is 2. The fourth-order valence-electron chi connectivity index (χ4n) is 1.63. The van der Waals surface area contributed by atoms with Crippen molar-refractivity contribution in [3.05, 3.63) is 56.9 Å². The lowest BCUT2D eigenvalue weighted by Gasteiger charge is -2.08. The number of nitrogens with one attached hydrogen (secondary N) is 1. The van der Waals surface area contributed by atoms with Gasteiger partial charge in [0.15, 0.2) is 4.67 Å². The molecule has 0 fully saturated rings. The number of hydrogen-bond donors (Lipinski definition) is 1. The lowest BCUT2D eigenvalue weighted by molar-refractivity contribution is -0.112. The van der Waals surface area contributed by atoms with Crippen LogP contribution in [-0.4, -0.2) is 5.91 Å². The van der Waals surface area contributed by atoms with Gasteiger partial charge >= 0.3 is 0 Å². The Morgan fingerprint density at radius 3 is 2.81 bits per heavy atom. The van der Waals surface area contributed by atoms with E-state index >= 15 is 0 Å². The minimum absolute atomic E-state index is 0.0591. The summed E-state index contributed by atoms with van der Waals surface area (Å²) in [5.41, 5.74) is 1.25. The number of amides is 1. The molecule has 1 heterocycles. The summed E-state index contributed by atoms with van der Waals surface area (Å²) < 4.78 is 5.77. The number of carbonyl (C=O) groups is 1. The molecule has 1 N–H and O–H groups in total. The Morgan fingerprint density at radius 1 is 1.43 bits per heavy atom.